The second-order valence-electron chi connectivity index (χ2n) is 8.75. The lowest BCUT2D eigenvalue weighted by atomic mass is 9.94. The quantitative estimate of drug-likeness (QED) is 0.759. The Balaban J connectivity index is 1.34. The zero-order valence-electron chi connectivity index (χ0n) is 16.8. The molecule has 1 spiro atoms. The van der Waals surface area contributed by atoms with Crippen LogP contribution in [-0.4, -0.2) is 51.1 Å². The zero-order chi connectivity index (χ0) is 19.1. The number of hydrogen-bond donors (Lipinski definition) is 1. The first kappa shape index (κ1) is 18.7. The number of aromatic nitrogens is 2. The van der Waals surface area contributed by atoms with Gasteiger partial charge in [-0.05, 0) is 38.5 Å². The van der Waals surface area contributed by atoms with E-state index in [1.54, 1.807) is 0 Å². The summed E-state index contributed by atoms with van der Waals surface area (Å²) in [5, 5.41) is 3.56. The number of piperidine rings is 1. The van der Waals surface area contributed by atoms with Gasteiger partial charge in [0.15, 0.2) is 0 Å². The van der Waals surface area contributed by atoms with Crippen molar-refractivity contribution in [3.8, 4) is 0 Å². The maximum absolute atomic E-state index is 13.3. The number of amides is 1. The fourth-order valence-electron chi connectivity index (χ4n) is 5.19. The van der Waals surface area contributed by atoms with Crippen LogP contribution in [-0.2, 0) is 10.2 Å². The van der Waals surface area contributed by atoms with E-state index in [0.717, 1.165) is 68.7 Å². The molecular formula is C21H31N5OS. The van der Waals surface area contributed by atoms with Crippen LogP contribution in [0.5, 0.6) is 0 Å². The lowest BCUT2D eigenvalue weighted by Gasteiger charge is -2.32. The van der Waals surface area contributed by atoms with Gasteiger partial charge in [-0.2, -0.15) is 4.98 Å². The normalized spacial score (nSPS) is 25.3. The smallest absolute Gasteiger partial charge is 0.239 e. The van der Waals surface area contributed by atoms with Gasteiger partial charge in [-0.1, -0.05) is 38.1 Å². The van der Waals surface area contributed by atoms with Gasteiger partial charge in [-0.25, -0.2) is 4.98 Å². The van der Waals surface area contributed by atoms with Crippen LogP contribution >= 0.6 is 11.9 Å². The molecule has 0 unspecified atom stereocenters. The summed E-state index contributed by atoms with van der Waals surface area (Å²) in [6, 6.07) is 0.749. The van der Waals surface area contributed by atoms with Crippen molar-refractivity contribution in [3.05, 3.63) is 11.8 Å². The maximum Gasteiger partial charge on any atom is 0.239 e. The number of carbonyl (C=O) groups is 1. The molecule has 3 heterocycles. The molecular weight excluding hydrogens is 370 g/mol. The van der Waals surface area contributed by atoms with Crippen LogP contribution in [0, 0.1) is 0 Å². The van der Waals surface area contributed by atoms with Crippen molar-refractivity contribution in [2.45, 2.75) is 82.2 Å². The number of anilines is 2. The monoisotopic (exact) mass is 401 g/mol. The van der Waals surface area contributed by atoms with Crippen molar-refractivity contribution in [1.29, 1.82) is 0 Å². The molecule has 1 amide bonds. The molecule has 5 rings (SSSR count). The standard InChI is InChI=1S/C21H31N5OS/c1-2-28-25-12-8-15(9-13-25)23-20-22-14-17-18(24-20)26(16-6-4-3-5-7-16)19(27)21(17)10-11-21/h14-16H,2-13H2,1H3,(H,22,23,24). The largest absolute Gasteiger partial charge is 0.351 e. The molecule has 7 heteroatoms. The summed E-state index contributed by atoms with van der Waals surface area (Å²) >= 11 is 1.93. The topological polar surface area (TPSA) is 61.4 Å². The molecule has 2 saturated carbocycles. The lowest BCUT2D eigenvalue weighted by molar-refractivity contribution is -0.120. The molecule has 3 fully saturated rings. The molecule has 0 radical (unpaired) electrons. The highest BCUT2D eigenvalue weighted by atomic mass is 32.2. The molecule has 1 saturated heterocycles. The van der Waals surface area contributed by atoms with E-state index in [0.29, 0.717) is 23.9 Å². The Kier molecular flexibility index (Phi) is 4.99. The summed E-state index contributed by atoms with van der Waals surface area (Å²) in [5.41, 5.74) is 0.802. The number of nitrogens with zero attached hydrogens (tertiary/aromatic N) is 4. The van der Waals surface area contributed by atoms with E-state index in [9.17, 15) is 4.79 Å². The summed E-state index contributed by atoms with van der Waals surface area (Å²) in [6.45, 7) is 4.42. The second-order valence-corrected chi connectivity index (χ2v) is 10.1. The molecule has 4 aliphatic rings. The van der Waals surface area contributed by atoms with Gasteiger partial charge in [0, 0.05) is 42.7 Å². The van der Waals surface area contributed by atoms with Crippen LogP contribution in [0.1, 0.15) is 70.3 Å². The third-order valence-electron chi connectivity index (χ3n) is 6.93. The first-order chi connectivity index (χ1) is 13.7. The molecule has 1 aromatic heterocycles. The summed E-state index contributed by atoms with van der Waals surface area (Å²) in [5.74, 6) is 3.04. The van der Waals surface area contributed by atoms with E-state index in [1.165, 1.54) is 19.3 Å². The highest BCUT2D eigenvalue weighted by Crippen LogP contribution is 2.57. The SMILES string of the molecule is CCSN1CCC(Nc2ncc3c(n2)N(C2CCCCC2)C(=O)C32CC2)CC1. The first-order valence-electron chi connectivity index (χ1n) is 11.1. The van der Waals surface area contributed by atoms with Crippen LogP contribution in [0.2, 0.25) is 0 Å². The van der Waals surface area contributed by atoms with Crippen LogP contribution in [0.4, 0.5) is 11.8 Å². The van der Waals surface area contributed by atoms with Gasteiger partial charge in [0.25, 0.3) is 0 Å². The molecule has 6 nitrogen and oxygen atoms in total. The molecule has 2 aliphatic carbocycles. The molecule has 152 valence electrons. The molecule has 1 aromatic rings. The van der Waals surface area contributed by atoms with Crippen molar-refractivity contribution in [1.82, 2.24) is 14.3 Å². The van der Waals surface area contributed by atoms with Crippen molar-refractivity contribution in [2.24, 2.45) is 0 Å². The van der Waals surface area contributed by atoms with Crippen LogP contribution in [0.15, 0.2) is 6.20 Å². The van der Waals surface area contributed by atoms with Gasteiger partial charge in [0.1, 0.15) is 5.82 Å². The lowest BCUT2D eigenvalue weighted by Crippen LogP contribution is -2.42. The van der Waals surface area contributed by atoms with Crippen LogP contribution in [0.3, 0.4) is 0 Å². The highest BCUT2D eigenvalue weighted by Gasteiger charge is 2.61. The van der Waals surface area contributed by atoms with Gasteiger partial charge in [0.2, 0.25) is 11.9 Å². The van der Waals surface area contributed by atoms with Gasteiger partial charge in [0.05, 0.1) is 5.41 Å². The number of nitrogens with one attached hydrogen (secondary N) is 1. The Morgan fingerprint density at radius 1 is 1.18 bits per heavy atom. The summed E-state index contributed by atoms with van der Waals surface area (Å²) < 4.78 is 2.46. The third kappa shape index (κ3) is 3.20. The van der Waals surface area contributed by atoms with Gasteiger partial charge in [-0.15, -0.1) is 0 Å². The third-order valence-corrected chi connectivity index (χ3v) is 7.92. The maximum atomic E-state index is 13.3. The van der Waals surface area contributed by atoms with E-state index >= 15 is 0 Å². The van der Waals surface area contributed by atoms with Crippen LogP contribution in [0.25, 0.3) is 0 Å². The molecule has 0 bridgehead atoms. The highest BCUT2D eigenvalue weighted by molar-refractivity contribution is 7.96. The number of hydrogen-bond acceptors (Lipinski definition) is 6. The van der Waals surface area contributed by atoms with E-state index in [1.807, 2.05) is 18.1 Å². The fraction of sp³-hybridized carbons (Fsp3) is 0.762. The fourth-order valence-corrected chi connectivity index (χ4v) is 6.02. The number of carbonyl (C=O) groups excluding carboxylic acids is 1. The Hall–Kier alpha value is -1.34. The Morgan fingerprint density at radius 3 is 2.61 bits per heavy atom. The molecule has 28 heavy (non-hydrogen) atoms. The predicted molar refractivity (Wildman–Crippen MR) is 114 cm³/mol. The van der Waals surface area contributed by atoms with Gasteiger partial charge >= 0.3 is 0 Å². The van der Waals surface area contributed by atoms with E-state index in [2.05, 4.69) is 26.4 Å². The second kappa shape index (κ2) is 7.48. The van der Waals surface area contributed by atoms with Crippen molar-refractivity contribution in [3.63, 3.8) is 0 Å². The van der Waals surface area contributed by atoms with Crippen LogP contribution < -0.4 is 10.2 Å². The Bertz CT molecular complexity index is 738. The van der Waals surface area contributed by atoms with Gasteiger partial charge < -0.3 is 5.32 Å². The van der Waals surface area contributed by atoms with Crippen molar-refractivity contribution >= 4 is 29.6 Å². The number of fused-ring (bicyclic) bond motifs is 2. The van der Waals surface area contributed by atoms with E-state index < -0.39 is 0 Å². The minimum atomic E-state index is -0.284. The average molecular weight is 402 g/mol. The summed E-state index contributed by atoms with van der Waals surface area (Å²) in [7, 11) is 0. The van der Waals surface area contributed by atoms with Crippen molar-refractivity contribution < 1.29 is 4.79 Å². The zero-order valence-corrected chi connectivity index (χ0v) is 17.6. The minimum absolute atomic E-state index is 0.284. The minimum Gasteiger partial charge on any atom is -0.351 e. The van der Waals surface area contributed by atoms with E-state index in [4.69, 9.17) is 4.98 Å². The van der Waals surface area contributed by atoms with E-state index in [-0.39, 0.29) is 5.41 Å². The van der Waals surface area contributed by atoms with Crippen molar-refractivity contribution in [2.75, 3.05) is 29.1 Å². The Labute approximate surface area is 172 Å². The molecule has 0 aromatic carbocycles. The Morgan fingerprint density at radius 2 is 1.93 bits per heavy atom. The molecule has 0 atom stereocenters. The summed E-state index contributed by atoms with van der Waals surface area (Å²) in [6.07, 6.45) is 12.1. The molecule has 1 N–H and O–H groups in total. The number of rotatable bonds is 5. The van der Waals surface area contributed by atoms with Gasteiger partial charge in [-0.3, -0.25) is 14.0 Å². The average Bonchev–Trinajstić information content (AvgIpc) is 3.48. The molecule has 2 aliphatic heterocycles. The predicted octanol–water partition coefficient (Wildman–Crippen LogP) is 3.73. The summed E-state index contributed by atoms with van der Waals surface area (Å²) in [4.78, 5) is 24.9. The first-order valence-corrected chi connectivity index (χ1v) is 12.0.